The number of hydrogen-bond acceptors (Lipinski definition) is 2. The van der Waals surface area contributed by atoms with Gasteiger partial charge >= 0.3 is 0 Å². The Hall–Kier alpha value is -0.830. The normalized spacial score (nSPS) is 11.0. The van der Waals surface area contributed by atoms with Crippen LogP contribution >= 0.6 is 0 Å². The van der Waals surface area contributed by atoms with Crippen LogP contribution in [-0.2, 0) is 6.54 Å². The first kappa shape index (κ1) is 14.2. The largest absolute Gasteiger partial charge is 0.317 e. The molecule has 1 aromatic rings. The number of nitrogens with zero attached hydrogens (tertiary/aromatic N) is 2. The van der Waals surface area contributed by atoms with E-state index in [9.17, 15) is 0 Å². The van der Waals surface area contributed by atoms with E-state index in [0.717, 1.165) is 31.7 Å². The Labute approximate surface area is 106 Å². The van der Waals surface area contributed by atoms with Crippen LogP contribution < -0.4 is 5.32 Å². The summed E-state index contributed by atoms with van der Waals surface area (Å²) in [4.78, 5) is 0. The van der Waals surface area contributed by atoms with Gasteiger partial charge in [-0.2, -0.15) is 5.10 Å². The molecule has 98 valence electrons. The molecule has 1 aromatic heterocycles. The van der Waals surface area contributed by atoms with E-state index in [2.05, 4.69) is 41.9 Å². The molecule has 0 aliphatic heterocycles. The minimum absolute atomic E-state index is 1.03. The average molecular weight is 237 g/mol. The minimum Gasteiger partial charge on any atom is -0.317 e. The second-order valence-electron chi connectivity index (χ2n) is 4.81. The molecule has 0 saturated carbocycles. The maximum atomic E-state index is 4.46. The third-order valence-electron chi connectivity index (χ3n) is 3.03. The van der Waals surface area contributed by atoms with Gasteiger partial charge in [0.2, 0.25) is 0 Å². The maximum Gasteiger partial charge on any atom is 0.0596 e. The number of aromatic nitrogens is 2. The zero-order chi connectivity index (χ0) is 12.5. The minimum atomic E-state index is 1.03. The molecule has 1 rings (SSSR count). The van der Waals surface area contributed by atoms with Crippen LogP contribution in [0.3, 0.4) is 0 Å². The van der Waals surface area contributed by atoms with Gasteiger partial charge in [0.15, 0.2) is 0 Å². The quantitative estimate of drug-likeness (QED) is 0.669. The lowest BCUT2D eigenvalue weighted by Crippen LogP contribution is -2.18. The van der Waals surface area contributed by atoms with E-state index in [-0.39, 0.29) is 0 Å². The summed E-state index contributed by atoms with van der Waals surface area (Å²) in [5.41, 5.74) is 2.39. The molecule has 0 saturated heterocycles. The van der Waals surface area contributed by atoms with E-state index in [1.165, 1.54) is 31.4 Å². The molecule has 0 unspecified atom stereocenters. The van der Waals surface area contributed by atoms with E-state index in [4.69, 9.17) is 0 Å². The van der Waals surface area contributed by atoms with E-state index >= 15 is 0 Å². The summed E-state index contributed by atoms with van der Waals surface area (Å²) in [6, 6.07) is 2.14. The maximum absolute atomic E-state index is 4.46. The van der Waals surface area contributed by atoms with Crippen molar-refractivity contribution in [3.8, 4) is 0 Å². The van der Waals surface area contributed by atoms with Crippen molar-refractivity contribution in [2.45, 2.75) is 59.4 Å². The van der Waals surface area contributed by atoms with Gasteiger partial charge in [-0.05, 0) is 45.8 Å². The Morgan fingerprint density at radius 2 is 1.88 bits per heavy atom. The summed E-state index contributed by atoms with van der Waals surface area (Å²) in [6.07, 6.45) is 6.52. The van der Waals surface area contributed by atoms with Gasteiger partial charge in [0.25, 0.3) is 0 Å². The third kappa shape index (κ3) is 5.87. The molecule has 3 heteroatoms. The molecule has 17 heavy (non-hydrogen) atoms. The molecule has 0 spiro atoms. The molecule has 1 N–H and O–H groups in total. The zero-order valence-corrected chi connectivity index (χ0v) is 11.6. The summed E-state index contributed by atoms with van der Waals surface area (Å²) in [5, 5.41) is 7.96. The van der Waals surface area contributed by atoms with Gasteiger partial charge in [-0.3, -0.25) is 4.68 Å². The van der Waals surface area contributed by atoms with E-state index in [0.29, 0.717) is 0 Å². The van der Waals surface area contributed by atoms with Gasteiger partial charge in [0.1, 0.15) is 0 Å². The second kappa shape index (κ2) is 8.29. The van der Waals surface area contributed by atoms with Gasteiger partial charge in [0, 0.05) is 12.2 Å². The lowest BCUT2D eigenvalue weighted by atomic mass is 10.2. The average Bonchev–Trinajstić information content (AvgIpc) is 2.61. The highest BCUT2D eigenvalue weighted by Gasteiger charge is 1.99. The van der Waals surface area contributed by atoms with Gasteiger partial charge in [-0.1, -0.05) is 26.2 Å². The Kier molecular flexibility index (Phi) is 6.94. The fraction of sp³-hybridized carbons (Fsp3) is 0.786. The van der Waals surface area contributed by atoms with Crippen molar-refractivity contribution in [2.75, 3.05) is 13.1 Å². The predicted octanol–water partition coefficient (Wildman–Crippen LogP) is 3.06. The van der Waals surface area contributed by atoms with Gasteiger partial charge in [0.05, 0.1) is 5.69 Å². The molecule has 0 radical (unpaired) electrons. The summed E-state index contributed by atoms with van der Waals surface area (Å²) in [6.45, 7) is 9.72. The Bertz CT molecular complexity index is 304. The van der Waals surface area contributed by atoms with Crippen molar-refractivity contribution in [3.05, 3.63) is 17.5 Å². The number of hydrogen-bond donors (Lipinski definition) is 1. The Morgan fingerprint density at radius 1 is 1.12 bits per heavy atom. The van der Waals surface area contributed by atoms with Crippen LogP contribution in [0.1, 0.15) is 50.4 Å². The van der Waals surface area contributed by atoms with Crippen LogP contribution in [0.15, 0.2) is 6.07 Å². The highest BCUT2D eigenvalue weighted by Crippen LogP contribution is 2.02. The monoisotopic (exact) mass is 237 g/mol. The van der Waals surface area contributed by atoms with Crippen LogP contribution in [0.2, 0.25) is 0 Å². The third-order valence-corrected chi connectivity index (χ3v) is 3.03. The molecule has 0 aliphatic carbocycles. The number of aryl methyl sites for hydroxylation is 3. The fourth-order valence-electron chi connectivity index (χ4n) is 2.06. The summed E-state index contributed by atoms with van der Waals surface area (Å²) >= 11 is 0. The molecule has 0 atom stereocenters. The van der Waals surface area contributed by atoms with Crippen molar-refractivity contribution < 1.29 is 0 Å². The first-order valence-corrected chi connectivity index (χ1v) is 6.96. The van der Waals surface area contributed by atoms with Crippen LogP contribution in [0.4, 0.5) is 0 Å². The van der Waals surface area contributed by atoms with Crippen molar-refractivity contribution in [3.63, 3.8) is 0 Å². The standard InChI is InChI=1S/C14H27N3/c1-4-5-6-7-9-15-10-8-11-17-14(3)12-13(2)16-17/h12,15H,4-11H2,1-3H3. The lowest BCUT2D eigenvalue weighted by molar-refractivity contribution is 0.521. The second-order valence-corrected chi connectivity index (χ2v) is 4.81. The predicted molar refractivity (Wildman–Crippen MR) is 73.3 cm³/mol. The first-order valence-electron chi connectivity index (χ1n) is 6.96. The zero-order valence-electron chi connectivity index (χ0n) is 11.6. The fourth-order valence-corrected chi connectivity index (χ4v) is 2.06. The Balaban J connectivity index is 1.99. The molecule has 0 aromatic carbocycles. The molecule has 0 fully saturated rings. The molecule has 1 heterocycles. The van der Waals surface area contributed by atoms with Crippen molar-refractivity contribution >= 4 is 0 Å². The van der Waals surface area contributed by atoms with Crippen LogP contribution in [0.5, 0.6) is 0 Å². The van der Waals surface area contributed by atoms with Gasteiger partial charge < -0.3 is 5.32 Å². The van der Waals surface area contributed by atoms with Crippen molar-refractivity contribution in [2.24, 2.45) is 0 Å². The lowest BCUT2D eigenvalue weighted by Gasteiger charge is -2.06. The first-order chi connectivity index (χ1) is 8.24. The summed E-state index contributed by atoms with van der Waals surface area (Å²) < 4.78 is 2.11. The molecule has 0 bridgehead atoms. The number of nitrogens with one attached hydrogen (secondary N) is 1. The number of unbranched alkanes of at least 4 members (excludes halogenated alkanes) is 3. The molecular weight excluding hydrogens is 210 g/mol. The molecular formula is C14H27N3. The highest BCUT2D eigenvalue weighted by atomic mass is 15.3. The molecule has 0 aliphatic rings. The van der Waals surface area contributed by atoms with E-state index in [1.54, 1.807) is 0 Å². The topological polar surface area (TPSA) is 29.9 Å². The van der Waals surface area contributed by atoms with Crippen LogP contribution in [-0.4, -0.2) is 22.9 Å². The van der Waals surface area contributed by atoms with Crippen molar-refractivity contribution in [1.29, 1.82) is 0 Å². The molecule has 3 nitrogen and oxygen atoms in total. The summed E-state index contributed by atoms with van der Waals surface area (Å²) in [5.74, 6) is 0. The number of rotatable bonds is 9. The van der Waals surface area contributed by atoms with Crippen LogP contribution in [0.25, 0.3) is 0 Å². The van der Waals surface area contributed by atoms with E-state index in [1.807, 2.05) is 0 Å². The molecule has 0 amide bonds. The Morgan fingerprint density at radius 3 is 2.53 bits per heavy atom. The SMILES string of the molecule is CCCCCCNCCCn1nc(C)cc1C. The van der Waals surface area contributed by atoms with Gasteiger partial charge in [-0.15, -0.1) is 0 Å². The summed E-state index contributed by atoms with van der Waals surface area (Å²) in [7, 11) is 0. The van der Waals surface area contributed by atoms with Crippen molar-refractivity contribution in [1.82, 2.24) is 15.1 Å². The van der Waals surface area contributed by atoms with Gasteiger partial charge in [-0.25, -0.2) is 0 Å². The smallest absolute Gasteiger partial charge is 0.0596 e. The van der Waals surface area contributed by atoms with Crippen LogP contribution in [0, 0.1) is 13.8 Å². The highest BCUT2D eigenvalue weighted by molar-refractivity contribution is 5.06. The van der Waals surface area contributed by atoms with E-state index < -0.39 is 0 Å².